The molecule has 0 amide bonds. The van der Waals surface area contributed by atoms with Crippen molar-refractivity contribution < 1.29 is 9.47 Å². The molecule has 6 heteroatoms. The molecule has 1 aromatic carbocycles. The first-order chi connectivity index (χ1) is 12.7. The molecule has 1 saturated carbocycles. The Labute approximate surface area is 157 Å². The summed E-state index contributed by atoms with van der Waals surface area (Å²) in [7, 11) is 3.38. The number of guanidine groups is 1. The van der Waals surface area contributed by atoms with Crippen molar-refractivity contribution in [2.75, 3.05) is 45.3 Å². The molecule has 1 atom stereocenters. The number of anilines is 1. The Kier molecular flexibility index (Phi) is 6.47. The molecular formula is C20H32N4O2. The fourth-order valence-electron chi connectivity index (χ4n) is 3.37. The Morgan fingerprint density at radius 3 is 2.50 bits per heavy atom. The number of rotatable bonds is 8. The summed E-state index contributed by atoms with van der Waals surface area (Å²) in [6.45, 7) is 5.88. The van der Waals surface area contributed by atoms with E-state index in [1.54, 1.807) is 14.2 Å². The predicted molar refractivity (Wildman–Crippen MR) is 107 cm³/mol. The van der Waals surface area contributed by atoms with Gasteiger partial charge in [-0.15, -0.1) is 0 Å². The highest BCUT2D eigenvalue weighted by molar-refractivity contribution is 5.80. The van der Waals surface area contributed by atoms with Crippen molar-refractivity contribution in [3.05, 3.63) is 18.2 Å². The summed E-state index contributed by atoms with van der Waals surface area (Å²) in [6.07, 6.45) is 5.09. The Morgan fingerprint density at radius 2 is 1.88 bits per heavy atom. The van der Waals surface area contributed by atoms with E-state index in [1.165, 1.54) is 19.3 Å². The van der Waals surface area contributed by atoms with Crippen LogP contribution in [-0.4, -0.2) is 52.4 Å². The van der Waals surface area contributed by atoms with Gasteiger partial charge in [-0.3, -0.25) is 4.99 Å². The van der Waals surface area contributed by atoms with E-state index in [0.29, 0.717) is 6.04 Å². The molecule has 6 nitrogen and oxygen atoms in total. The van der Waals surface area contributed by atoms with Crippen molar-refractivity contribution in [1.29, 1.82) is 0 Å². The molecule has 26 heavy (non-hydrogen) atoms. The molecule has 144 valence electrons. The van der Waals surface area contributed by atoms with E-state index in [9.17, 15) is 0 Å². The van der Waals surface area contributed by atoms with Gasteiger partial charge in [0.2, 0.25) is 0 Å². The second kappa shape index (κ2) is 9.01. The summed E-state index contributed by atoms with van der Waals surface area (Å²) in [6, 6.07) is 6.44. The molecule has 0 bridgehead atoms. The molecule has 0 spiro atoms. The highest BCUT2D eigenvalue weighted by Crippen LogP contribution is 2.32. The quantitative estimate of drug-likeness (QED) is 0.551. The zero-order valence-corrected chi connectivity index (χ0v) is 16.3. The standard InChI is InChI=1S/C20H32N4O2/c1-4-21-20(22-9-7-15-5-6-15)23-16-8-10-24(14-16)17-11-18(25-2)13-19(12-17)26-3/h11-13,15-16H,4-10,14H2,1-3H3,(H2,21,22,23). The number of methoxy groups -OCH3 is 2. The monoisotopic (exact) mass is 360 g/mol. The highest BCUT2D eigenvalue weighted by atomic mass is 16.5. The number of benzene rings is 1. The molecule has 1 aromatic rings. The third-order valence-corrected chi connectivity index (χ3v) is 5.08. The predicted octanol–water partition coefficient (Wildman–Crippen LogP) is 2.64. The Hall–Kier alpha value is -2.11. The van der Waals surface area contributed by atoms with Crippen molar-refractivity contribution in [1.82, 2.24) is 10.6 Å². The Bertz CT molecular complexity index is 594. The van der Waals surface area contributed by atoms with Gasteiger partial charge in [-0.25, -0.2) is 0 Å². The summed E-state index contributed by atoms with van der Waals surface area (Å²) < 4.78 is 10.8. The Balaban J connectivity index is 1.58. The molecule has 2 N–H and O–H groups in total. The van der Waals surface area contributed by atoms with Crippen molar-refractivity contribution >= 4 is 11.6 Å². The molecule has 1 saturated heterocycles. The van der Waals surface area contributed by atoms with Crippen molar-refractivity contribution in [3.63, 3.8) is 0 Å². The van der Waals surface area contributed by atoms with Crippen LogP contribution in [0.4, 0.5) is 5.69 Å². The number of ether oxygens (including phenoxy) is 2. The molecular weight excluding hydrogens is 328 g/mol. The molecule has 0 radical (unpaired) electrons. The van der Waals surface area contributed by atoms with E-state index in [4.69, 9.17) is 14.5 Å². The number of hydrogen-bond acceptors (Lipinski definition) is 4. The molecule has 3 rings (SSSR count). The van der Waals surface area contributed by atoms with Crippen LogP contribution in [0.1, 0.15) is 32.6 Å². The van der Waals surface area contributed by atoms with Crippen molar-refractivity contribution in [3.8, 4) is 11.5 Å². The van der Waals surface area contributed by atoms with E-state index < -0.39 is 0 Å². The molecule has 0 aromatic heterocycles. The van der Waals surface area contributed by atoms with Crippen LogP contribution in [0.25, 0.3) is 0 Å². The maximum absolute atomic E-state index is 5.40. The van der Waals surface area contributed by atoms with E-state index >= 15 is 0 Å². The third-order valence-electron chi connectivity index (χ3n) is 5.08. The van der Waals surface area contributed by atoms with Crippen molar-refractivity contribution in [2.45, 2.75) is 38.6 Å². The van der Waals surface area contributed by atoms with Gasteiger partial charge in [-0.1, -0.05) is 12.8 Å². The minimum atomic E-state index is 0.394. The van der Waals surface area contributed by atoms with Crippen molar-refractivity contribution in [2.24, 2.45) is 10.9 Å². The lowest BCUT2D eigenvalue weighted by atomic mass is 10.2. The summed E-state index contributed by atoms with van der Waals surface area (Å²) in [4.78, 5) is 7.12. The van der Waals surface area contributed by atoms with Crippen LogP contribution >= 0.6 is 0 Å². The van der Waals surface area contributed by atoms with Gasteiger partial charge >= 0.3 is 0 Å². The van der Waals surface area contributed by atoms with E-state index in [2.05, 4.69) is 34.6 Å². The van der Waals surface area contributed by atoms with Crippen LogP contribution in [0.15, 0.2) is 23.2 Å². The van der Waals surface area contributed by atoms with Gasteiger partial charge in [0.1, 0.15) is 11.5 Å². The van der Waals surface area contributed by atoms with Gasteiger partial charge in [0.25, 0.3) is 0 Å². The number of hydrogen-bond donors (Lipinski definition) is 2. The van der Waals surface area contributed by atoms with Gasteiger partial charge in [0.15, 0.2) is 5.96 Å². The number of nitrogens with zero attached hydrogens (tertiary/aromatic N) is 2. The number of nitrogens with one attached hydrogen (secondary N) is 2. The van der Waals surface area contributed by atoms with Crippen LogP contribution < -0.4 is 25.0 Å². The zero-order valence-electron chi connectivity index (χ0n) is 16.3. The maximum Gasteiger partial charge on any atom is 0.191 e. The van der Waals surface area contributed by atoms with Crippen LogP contribution in [0.3, 0.4) is 0 Å². The largest absolute Gasteiger partial charge is 0.497 e. The third kappa shape index (κ3) is 5.19. The van der Waals surface area contributed by atoms with Gasteiger partial charge in [0, 0.05) is 56.1 Å². The van der Waals surface area contributed by atoms with Crippen LogP contribution in [0, 0.1) is 5.92 Å². The van der Waals surface area contributed by atoms with Gasteiger partial charge in [-0.2, -0.15) is 0 Å². The van der Waals surface area contributed by atoms with Gasteiger partial charge in [0.05, 0.1) is 14.2 Å². The van der Waals surface area contributed by atoms with E-state index in [0.717, 1.165) is 61.7 Å². The second-order valence-corrected chi connectivity index (χ2v) is 7.14. The fraction of sp³-hybridized carbons (Fsp3) is 0.650. The first-order valence-electron chi connectivity index (χ1n) is 9.74. The molecule has 1 unspecified atom stereocenters. The summed E-state index contributed by atoms with van der Waals surface area (Å²) in [5.41, 5.74) is 1.14. The van der Waals surface area contributed by atoms with Crippen LogP contribution in [0.2, 0.25) is 0 Å². The van der Waals surface area contributed by atoms with Crippen LogP contribution in [0.5, 0.6) is 11.5 Å². The minimum absolute atomic E-state index is 0.394. The summed E-state index contributed by atoms with van der Waals surface area (Å²) in [5.74, 6) is 3.52. The lowest BCUT2D eigenvalue weighted by molar-refractivity contribution is 0.394. The van der Waals surface area contributed by atoms with Crippen LogP contribution in [-0.2, 0) is 0 Å². The maximum atomic E-state index is 5.40. The summed E-state index contributed by atoms with van der Waals surface area (Å²) >= 11 is 0. The SMILES string of the molecule is CCNC(=NCCC1CC1)NC1CCN(c2cc(OC)cc(OC)c2)C1. The smallest absolute Gasteiger partial charge is 0.191 e. The molecule has 1 aliphatic heterocycles. The Morgan fingerprint density at radius 1 is 1.15 bits per heavy atom. The summed E-state index contributed by atoms with van der Waals surface area (Å²) in [5, 5.41) is 6.98. The average Bonchev–Trinajstić information content (AvgIpc) is 3.37. The zero-order chi connectivity index (χ0) is 18.4. The minimum Gasteiger partial charge on any atom is -0.497 e. The molecule has 1 aliphatic carbocycles. The molecule has 2 fully saturated rings. The lowest BCUT2D eigenvalue weighted by Gasteiger charge is -2.21. The van der Waals surface area contributed by atoms with Gasteiger partial charge < -0.3 is 25.0 Å². The van der Waals surface area contributed by atoms with Gasteiger partial charge in [-0.05, 0) is 25.7 Å². The highest BCUT2D eigenvalue weighted by Gasteiger charge is 2.24. The molecule has 1 heterocycles. The van der Waals surface area contributed by atoms with E-state index in [1.807, 2.05) is 6.07 Å². The lowest BCUT2D eigenvalue weighted by Crippen LogP contribution is -2.44. The first kappa shape index (κ1) is 18.7. The topological polar surface area (TPSA) is 58.1 Å². The second-order valence-electron chi connectivity index (χ2n) is 7.14. The van der Waals surface area contributed by atoms with E-state index in [-0.39, 0.29) is 0 Å². The number of aliphatic imine (C=N–C) groups is 1. The molecule has 2 aliphatic rings. The average molecular weight is 361 g/mol. The normalized spacial score (nSPS) is 20.2. The fourth-order valence-corrected chi connectivity index (χ4v) is 3.37. The first-order valence-corrected chi connectivity index (χ1v) is 9.74.